The lowest BCUT2D eigenvalue weighted by Gasteiger charge is -2.30. The first kappa shape index (κ1) is 39.6. The molecule has 0 saturated carbocycles. The molecule has 0 saturated heterocycles. The molecule has 0 aliphatic heterocycles. The Morgan fingerprint density at radius 2 is 0.432 bits per heavy atom. The summed E-state index contributed by atoms with van der Waals surface area (Å²) < 4.78 is 1.25. The van der Waals surface area contributed by atoms with E-state index in [1.165, 1.54) is 204 Å². The molecular formula is C35H74BrN. The summed E-state index contributed by atoms with van der Waals surface area (Å²) >= 11 is 0. The van der Waals surface area contributed by atoms with Crippen LogP contribution in [0, 0.1) is 0 Å². The van der Waals surface area contributed by atoms with Crippen LogP contribution in [0.4, 0.5) is 0 Å². The Kier molecular flexibility index (Phi) is 34.9. The second-order valence-corrected chi connectivity index (χ2v) is 12.9. The molecule has 0 amide bonds. The van der Waals surface area contributed by atoms with Gasteiger partial charge < -0.3 is 21.5 Å². The summed E-state index contributed by atoms with van der Waals surface area (Å²) in [5.41, 5.74) is 0. The van der Waals surface area contributed by atoms with Gasteiger partial charge in [0, 0.05) is 0 Å². The monoisotopic (exact) mass is 588 g/mol. The first-order chi connectivity index (χ1) is 17.6. The van der Waals surface area contributed by atoms with Gasteiger partial charge in [-0.15, -0.1) is 0 Å². The van der Waals surface area contributed by atoms with E-state index in [9.17, 15) is 0 Å². The number of nitrogens with zero attached hydrogens (tertiary/aromatic N) is 1. The largest absolute Gasteiger partial charge is 1.00 e. The van der Waals surface area contributed by atoms with Crippen LogP contribution in [0.15, 0.2) is 0 Å². The highest BCUT2D eigenvalue weighted by Crippen LogP contribution is 2.16. The lowest BCUT2D eigenvalue weighted by Crippen LogP contribution is -3.00. The number of rotatable bonds is 31. The molecule has 0 heterocycles. The molecule has 37 heavy (non-hydrogen) atoms. The summed E-state index contributed by atoms with van der Waals surface area (Å²) in [6.45, 7) is 7.39. The van der Waals surface area contributed by atoms with Crippen molar-refractivity contribution in [3.05, 3.63) is 0 Å². The Morgan fingerprint density at radius 1 is 0.270 bits per heavy atom. The first-order valence-corrected chi connectivity index (χ1v) is 17.4. The van der Waals surface area contributed by atoms with Gasteiger partial charge in [-0.2, -0.15) is 0 Å². The molecule has 226 valence electrons. The number of unbranched alkanes of at least 4 members (excludes halogenated alkanes) is 27. The molecule has 1 nitrogen and oxygen atoms in total. The topological polar surface area (TPSA) is 0 Å². The third-order valence-electron chi connectivity index (χ3n) is 8.48. The second kappa shape index (κ2) is 32.7. The second-order valence-electron chi connectivity index (χ2n) is 12.9. The van der Waals surface area contributed by atoms with Crippen LogP contribution in [0.2, 0.25) is 0 Å². The summed E-state index contributed by atoms with van der Waals surface area (Å²) in [6, 6.07) is 0. The van der Waals surface area contributed by atoms with E-state index in [1.807, 2.05) is 0 Å². The van der Waals surface area contributed by atoms with Crippen molar-refractivity contribution in [2.75, 3.05) is 27.2 Å². The molecule has 0 aromatic rings. The lowest BCUT2D eigenvalue weighted by molar-refractivity contribution is -0.890. The Hall–Kier alpha value is 0.440. The van der Waals surface area contributed by atoms with Gasteiger partial charge in [-0.25, -0.2) is 0 Å². The predicted molar refractivity (Wildman–Crippen MR) is 167 cm³/mol. The summed E-state index contributed by atoms with van der Waals surface area (Å²) in [5.74, 6) is 0. The molecule has 0 aromatic carbocycles. The zero-order valence-electron chi connectivity index (χ0n) is 26.7. The minimum atomic E-state index is 0. The smallest absolute Gasteiger partial charge is 0.0782 e. The molecule has 0 atom stereocenters. The maximum Gasteiger partial charge on any atom is 0.0782 e. The van der Waals surface area contributed by atoms with Gasteiger partial charge in [0.2, 0.25) is 0 Å². The molecule has 0 unspecified atom stereocenters. The van der Waals surface area contributed by atoms with Crippen molar-refractivity contribution in [3.8, 4) is 0 Å². The average molecular weight is 589 g/mol. The Balaban J connectivity index is 0. The summed E-state index contributed by atoms with van der Waals surface area (Å²) in [5, 5.41) is 0. The van der Waals surface area contributed by atoms with Crippen molar-refractivity contribution in [2.24, 2.45) is 0 Å². The standard InChI is InChI=1S/C35H74N.BrH/c1-5-7-9-11-13-15-17-18-19-20-21-22-23-25-27-29-31-33-35-36(3,4)34-32-30-28-26-24-16-14-12-10-8-6-2;/h5-35H2,1-4H3;1H/q+1;/p-1. The fourth-order valence-electron chi connectivity index (χ4n) is 5.76. The van der Waals surface area contributed by atoms with Crippen LogP contribution in [-0.2, 0) is 0 Å². The van der Waals surface area contributed by atoms with E-state index in [2.05, 4.69) is 27.9 Å². The molecule has 0 N–H and O–H groups in total. The van der Waals surface area contributed by atoms with Crippen molar-refractivity contribution in [2.45, 2.75) is 200 Å². The Labute approximate surface area is 248 Å². The maximum atomic E-state index is 2.46. The van der Waals surface area contributed by atoms with E-state index in [-0.39, 0.29) is 17.0 Å². The van der Waals surface area contributed by atoms with E-state index in [1.54, 1.807) is 0 Å². The zero-order chi connectivity index (χ0) is 26.4. The fourth-order valence-corrected chi connectivity index (χ4v) is 5.76. The summed E-state index contributed by atoms with van der Waals surface area (Å²) in [4.78, 5) is 0. The molecule has 0 aromatic heterocycles. The van der Waals surface area contributed by atoms with Crippen molar-refractivity contribution >= 4 is 0 Å². The third kappa shape index (κ3) is 34.4. The molecular weight excluding hydrogens is 514 g/mol. The van der Waals surface area contributed by atoms with Gasteiger partial charge in [0.1, 0.15) is 0 Å². The lowest BCUT2D eigenvalue weighted by atomic mass is 10.0. The molecule has 0 aliphatic carbocycles. The highest BCUT2D eigenvalue weighted by Gasteiger charge is 2.13. The van der Waals surface area contributed by atoms with Gasteiger partial charge in [0.25, 0.3) is 0 Å². The molecule has 2 heteroatoms. The number of hydrogen-bond acceptors (Lipinski definition) is 0. The van der Waals surface area contributed by atoms with Crippen molar-refractivity contribution < 1.29 is 21.5 Å². The van der Waals surface area contributed by atoms with Crippen molar-refractivity contribution in [1.29, 1.82) is 0 Å². The van der Waals surface area contributed by atoms with Crippen LogP contribution in [0.3, 0.4) is 0 Å². The zero-order valence-corrected chi connectivity index (χ0v) is 28.3. The maximum absolute atomic E-state index is 2.46. The van der Waals surface area contributed by atoms with Gasteiger partial charge >= 0.3 is 0 Å². The van der Waals surface area contributed by atoms with Crippen LogP contribution in [0.25, 0.3) is 0 Å². The third-order valence-corrected chi connectivity index (χ3v) is 8.48. The van der Waals surface area contributed by atoms with Crippen LogP contribution in [0.5, 0.6) is 0 Å². The molecule has 0 fully saturated rings. The Morgan fingerprint density at radius 3 is 0.622 bits per heavy atom. The van der Waals surface area contributed by atoms with E-state index in [0.29, 0.717) is 0 Å². The van der Waals surface area contributed by atoms with Gasteiger partial charge in [-0.05, 0) is 25.7 Å². The number of quaternary nitrogens is 1. The Bertz CT molecular complexity index is 395. The number of halogens is 1. The predicted octanol–water partition coefficient (Wildman–Crippen LogP) is 9.42. The highest BCUT2D eigenvalue weighted by atomic mass is 79.9. The summed E-state index contributed by atoms with van der Waals surface area (Å²) in [6.07, 6.45) is 42.4. The van der Waals surface area contributed by atoms with Gasteiger partial charge in [0.15, 0.2) is 0 Å². The van der Waals surface area contributed by atoms with Crippen LogP contribution in [0.1, 0.15) is 200 Å². The van der Waals surface area contributed by atoms with Crippen LogP contribution >= 0.6 is 0 Å². The minimum Gasteiger partial charge on any atom is -1.00 e. The highest BCUT2D eigenvalue weighted by molar-refractivity contribution is 4.52. The minimum absolute atomic E-state index is 0. The van der Waals surface area contributed by atoms with E-state index < -0.39 is 0 Å². The average Bonchev–Trinajstić information content (AvgIpc) is 2.86. The van der Waals surface area contributed by atoms with Crippen molar-refractivity contribution in [3.63, 3.8) is 0 Å². The van der Waals surface area contributed by atoms with E-state index in [0.717, 1.165) is 0 Å². The van der Waals surface area contributed by atoms with E-state index >= 15 is 0 Å². The van der Waals surface area contributed by atoms with Gasteiger partial charge in [-0.1, -0.05) is 174 Å². The molecule has 0 rings (SSSR count). The van der Waals surface area contributed by atoms with Crippen LogP contribution < -0.4 is 17.0 Å². The SMILES string of the molecule is CCCCCCCCCCCCCCCCCCCC[N+](C)(C)CCCCCCCCCCCCC.[Br-]. The summed E-state index contributed by atoms with van der Waals surface area (Å²) in [7, 11) is 4.92. The van der Waals surface area contributed by atoms with Crippen molar-refractivity contribution in [1.82, 2.24) is 0 Å². The van der Waals surface area contributed by atoms with E-state index in [4.69, 9.17) is 0 Å². The quantitative estimate of drug-likeness (QED) is 0.0559. The van der Waals surface area contributed by atoms with Crippen LogP contribution in [-0.4, -0.2) is 31.7 Å². The fraction of sp³-hybridized carbons (Fsp3) is 1.00. The molecule has 0 bridgehead atoms. The first-order valence-electron chi connectivity index (χ1n) is 17.4. The van der Waals surface area contributed by atoms with Gasteiger partial charge in [-0.3, -0.25) is 0 Å². The normalized spacial score (nSPS) is 11.7. The molecule has 0 radical (unpaired) electrons. The van der Waals surface area contributed by atoms with Gasteiger partial charge in [0.05, 0.1) is 27.2 Å². The molecule has 0 spiro atoms. The molecule has 0 aliphatic rings. The number of hydrogen-bond donors (Lipinski definition) is 0.